The molecule has 0 radical (unpaired) electrons. The Bertz CT molecular complexity index is 1170. The van der Waals surface area contributed by atoms with Crippen LogP contribution in [0.1, 0.15) is 0 Å². The van der Waals surface area contributed by atoms with Crippen molar-refractivity contribution in [2.75, 3.05) is 23.1 Å². The SMILES string of the molecule is O=C(CN(c1cccc(Cl)c1)S(=O)(=O)c1ccc(Cl)cc1)NCCSc1ccc(Cl)cc1. The Morgan fingerprint density at radius 2 is 1.50 bits per heavy atom. The first-order valence-electron chi connectivity index (χ1n) is 9.44. The van der Waals surface area contributed by atoms with E-state index in [0.717, 1.165) is 9.20 Å². The Labute approximate surface area is 206 Å². The monoisotopic (exact) mass is 528 g/mol. The molecule has 0 heterocycles. The van der Waals surface area contributed by atoms with Crippen molar-refractivity contribution < 1.29 is 13.2 Å². The molecule has 0 bridgehead atoms. The molecule has 0 saturated heterocycles. The van der Waals surface area contributed by atoms with Gasteiger partial charge in [0.15, 0.2) is 0 Å². The van der Waals surface area contributed by atoms with Gasteiger partial charge in [-0.3, -0.25) is 9.10 Å². The molecule has 0 aliphatic carbocycles. The number of carbonyl (C=O) groups excluding carboxylic acids is 1. The van der Waals surface area contributed by atoms with Gasteiger partial charge in [-0.1, -0.05) is 40.9 Å². The Hall–Kier alpha value is -1.90. The van der Waals surface area contributed by atoms with E-state index >= 15 is 0 Å². The molecule has 0 aliphatic rings. The number of nitrogens with zero attached hydrogens (tertiary/aromatic N) is 1. The van der Waals surface area contributed by atoms with Gasteiger partial charge in [-0.05, 0) is 66.7 Å². The van der Waals surface area contributed by atoms with E-state index in [1.54, 1.807) is 42.1 Å². The number of rotatable bonds is 9. The zero-order valence-corrected chi connectivity index (χ0v) is 20.6. The maximum absolute atomic E-state index is 13.3. The van der Waals surface area contributed by atoms with Crippen molar-refractivity contribution in [1.82, 2.24) is 5.32 Å². The maximum Gasteiger partial charge on any atom is 0.264 e. The summed E-state index contributed by atoms with van der Waals surface area (Å²) in [7, 11) is -4.02. The van der Waals surface area contributed by atoms with E-state index in [1.165, 1.54) is 30.3 Å². The van der Waals surface area contributed by atoms with Crippen LogP contribution >= 0.6 is 46.6 Å². The number of halogens is 3. The van der Waals surface area contributed by atoms with E-state index in [0.29, 0.717) is 27.4 Å². The van der Waals surface area contributed by atoms with Crippen LogP contribution in [0.3, 0.4) is 0 Å². The average Bonchev–Trinajstić information content (AvgIpc) is 2.76. The van der Waals surface area contributed by atoms with Crippen LogP contribution in [-0.2, 0) is 14.8 Å². The van der Waals surface area contributed by atoms with Gasteiger partial charge in [-0.2, -0.15) is 0 Å². The lowest BCUT2D eigenvalue weighted by Crippen LogP contribution is -2.41. The lowest BCUT2D eigenvalue weighted by molar-refractivity contribution is -0.119. The number of sulfonamides is 1. The zero-order valence-electron chi connectivity index (χ0n) is 16.7. The van der Waals surface area contributed by atoms with E-state index in [1.807, 2.05) is 12.1 Å². The van der Waals surface area contributed by atoms with Crippen LogP contribution in [-0.4, -0.2) is 33.2 Å². The largest absolute Gasteiger partial charge is 0.354 e. The molecule has 0 saturated carbocycles. The fraction of sp³-hybridized carbons (Fsp3) is 0.136. The van der Waals surface area contributed by atoms with Gasteiger partial charge >= 0.3 is 0 Å². The van der Waals surface area contributed by atoms with Crippen molar-refractivity contribution in [1.29, 1.82) is 0 Å². The minimum absolute atomic E-state index is 0.0213. The van der Waals surface area contributed by atoms with Crippen LogP contribution in [0.5, 0.6) is 0 Å². The average molecular weight is 530 g/mol. The Morgan fingerprint density at radius 3 is 2.12 bits per heavy atom. The maximum atomic E-state index is 13.3. The molecule has 0 atom stereocenters. The number of nitrogens with one attached hydrogen (secondary N) is 1. The van der Waals surface area contributed by atoms with E-state index in [4.69, 9.17) is 34.8 Å². The molecular formula is C22H19Cl3N2O3S2. The van der Waals surface area contributed by atoms with Crippen LogP contribution < -0.4 is 9.62 Å². The molecule has 0 unspecified atom stereocenters. The lowest BCUT2D eigenvalue weighted by Gasteiger charge is -2.24. The molecule has 168 valence electrons. The Kier molecular flexibility index (Phi) is 8.73. The number of amides is 1. The minimum Gasteiger partial charge on any atom is -0.354 e. The van der Waals surface area contributed by atoms with Crippen molar-refractivity contribution in [2.24, 2.45) is 0 Å². The summed E-state index contributed by atoms with van der Waals surface area (Å²) in [5.74, 6) is 0.188. The second-order valence-corrected chi connectivity index (χ2v) is 10.9. The van der Waals surface area contributed by atoms with Gasteiger partial charge in [-0.25, -0.2) is 8.42 Å². The van der Waals surface area contributed by atoms with Crippen LogP contribution in [0, 0.1) is 0 Å². The molecular weight excluding hydrogens is 511 g/mol. The Balaban J connectivity index is 1.70. The molecule has 32 heavy (non-hydrogen) atoms. The fourth-order valence-electron chi connectivity index (χ4n) is 2.76. The van der Waals surface area contributed by atoms with Crippen molar-refractivity contribution in [2.45, 2.75) is 9.79 Å². The number of hydrogen-bond donors (Lipinski definition) is 1. The molecule has 5 nitrogen and oxygen atoms in total. The number of benzene rings is 3. The highest BCUT2D eigenvalue weighted by molar-refractivity contribution is 7.99. The molecule has 3 aromatic rings. The lowest BCUT2D eigenvalue weighted by atomic mass is 10.3. The van der Waals surface area contributed by atoms with Crippen molar-refractivity contribution in [3.05, 3.63) is 87.9 Å². The van der Waals surface area contributed by atoms with Gasteiger partial charge in [0.05, 0.1) is 10.6 Å². The summed E-state index contributed by atoms with van der Waals surface area (Å²) in [5.41, 5.74) is 0.290. The van der Waals surface area contributed by atoms with Gasteiger partial charge in [0, 0.05) is 32.3 Å². The second kappa shape index (κ2) is 11.3. The van der Waals surface area contributed by atoms with Crippen LogP contribution in [0.4, 0.5) is 5.69 Å². The standard InChI is InChI=1S/C22H19Cl3N2O3S2/c23-16-4-8-20(9-5-16)31-13-12-26-22(28)15-27(19-3-1-2-18(25)14-19)32(29,30)21-10-6-17(24)7-11-21/h1-11,14H,12-13,15H2,(H,26,28). The Morgan fingerprint density at radius 1 is 0.875 bits per heavy atom. The van der Waals surface area contributed by atoms with Crippen molar-refractivity contribution in [3.8, 4) is 0 Å². The number of hydrogen-bond acceptors (Lipinski definition) is 4. The molecule has 0 aliphatic heterocycles. The smallest absolute Gasteiger partial charge is 0.264 e. The highest BCUT2D eigenvalue weighted by Gasteiger charge is 2.27. The number of thioether (sulfide) groups is 1. The zero-order chi connectivity index (χ0) is 23.1. The molecule has 0 aromatic heterocycles. The second-order valence-electron chi connectivity index (χ2n) is 6.60. The summed E-state index contributed by atoms with van der Waals surface area (Å²) in [6, 6.07) is 19.5. The van der Waals surface area contributed by atoms with Crippen LogP contribution in [0.25, 0.3) is 0 Å². The van der Waals surface area contributed by atoms with E-state index in [9.17, 15) is 13.2 Å². The third-order valence-corrected chi connectivity index (χ3v) is 7.83. The normalized spacial score (nSPS) is 11.2. The quantitative estimate of drug-likeness (QED) is 0.283. The summed E-state index contributed by atoms with van der Waals surface area (Å²) >= 11 is 19.4. The number of anilines is 1. The third kappa shape index (κ3) is 6.80. The molecule has 3 rings (SSSR count). The summed E-state index contributed by atoms with van der Waals surface area (Å²) in [5, 5.41) is 4.19. The summed E-state index contributed by atoms with van der Waals surface area (Å²) in [6.45, 7) is -0.0204. The van der Waals surface area contributed by atoms with Crippen LogP contribution in [0.15, 0.2) is 82.6 Å². The first-order valence-corrected chi connectivity index (χ1v) is 13.0. The molecule has 10 heteroatoms. The summed E-state index contributed by atoms with van der Waals surface area (Å²) in [6.07, 6.45) is 0. The molecule has 0 fully saturated rings. The first kappa shape index (κ1) is 24.7. The summed E-state index contributed by atoms with van der Waals surface area (Å²) in [4.78, 5) is 13.6. The van der Waals surface area contributed by atoms with Gasteiger partial charge in [-0.15, -0.1) is 11.8 Å². The van der Waals surface area contributed by atoms with Gasteiger partial charge < -0.3 is 5.32 Å². The van der Waals surface area contributed by atoms with E-state index < -0.39 is 22.5 Å². The van der Waals surface area contributed by atoms with Crippen molar-refractivity contribution in [3.63, 3.8) is 0 Å². The third-order valence-electron chi connectivity index (χ3n) is 4.29. The topological polar surface area (TPSA) is 66.5 Å². The summed E-state index contributed by atoms with van der Waals surface area (Å²) < 4.78 is 27.6. The highest BCUT2D eigenvalue weighted by Crippen LogP contribution is 2.27. The van der Waals surface area contributed by atoms with Crippen LogP contribution in [0.2, 0.25) is 15.1 Å². The van der Waals surface area contributed by atoms with Crippen molar-refractivity contribution >= 4 is 68.2 Å². The fourth-order valence-corrected chi connectivity index (χ4v) is 5.37. The molecule has 3 aromatic carbocycles. The first-order chi connectivity index (χ1) is 15.3. The molecule has 1 N–H and O–H groups in total. The van der Waals surface area contributed by atoms with Gasteiger partial charge in [0.2, 0.25) is 5.91 Å². The molecule has 1 amide bonds. The van der Waals surface area contributed by atoms with E-state index in [-0.39, 0.29) is 10.6 Å². The highest BCUT2D eigenvalue weighted by atomic mass is 35.5. The van der Waals surface area contributed by atoms with E-state index in [2.05, 4.69) is 5.32 Å². The van der Waals surface area contributed by atoms with Gasteiger partial charge in [0.25, 0.3) is 10.0 Å². The predicted molar refractivity (Wildman–Crippen MR) is 133 cm³/mol. The predicted octanol–water partition coefficient (Wildman–Crippen LogP) is 5.75. The number of carbonyl (C=O) groups is 1. The minimum atomic E-state index is -4.02. The molecule has 0 spiro atoms. The van der Waals surface area contributed by atoms with Gasteiger partial charge in [0.1, 0.15) is 6.54 Å².